The van der Waals surface area contributed by atoms with Crippen molar-refractivity contribution in [3.8, 4) is 0 Å². The maximum atomic E-state index is 12.1. The number of rotatable bonds is 9. The molecule has 0 aliphatic carbocycles. The molecule has 0 bridgehead atoms. The van der Waals surface area contributed by atoms with Crippen LogP contribution in [0.15, 0.2) is 29.2 Å². The summed E-state index contributed by atoms with van der Waals surface area (Å²) in [5, 5.41) is 5.92. The van der Waals surface area contributed by atoms with E-state index in [4.69, 9.17) is 0 Å². The van der Waals surface area contributed by atoms with Gasteiger partial charge in [0.25, 0.3) is 5.91 Å². The zero-order chi connectivity index (χ0) is 18.2. The highest BCUT2D eigenvalue weighted by Crippen LogP contribution is 2.13. The van der Waals surface area contributed by atoms with Gasteiger partial charge in [-0.15, -0.1) is 0 Å². The minimum Gasteiger partial charge on any atom is -0.351 e. The molecule has 8 heteroatoms. The Balaban J connectivity index is 2.65. The van der Waals surface area contributed by atoms with Crippen LogP contribution in [0, 0.1) is 0 Å². The lowest BCUT2D eigenvalue weighted by atomic mass is 10.2. The highest BCUT2D eigenvalue weighted by atomic mass is 32.2. The Kier molecular flexibility index (Phi) is 7.87. The van der Waals surface area contributed by atoms with Gasteiger partial charge in [0.15, 0.2) is 9.84 Å². The van der Waals surface area contributed by atoms with E-state index in [1.165, 1.54) is 43.3 Å². The van der Waals surface area contributed by atoms with E-state index in [2.05, 4.69) is 17.6 Å². The lowest BCUT2D eigenvalue weighted by molar-refractivity contribution is -0.125. The van der Waals surface area contributed by atoms with Crippen LogP contribution < -0.4 is 10.6 Å². The lowest BCUT2D eigenvalue weighted by Gasteiger charge is -2.11. The van der Waals surface area contributed by atoms with E-state index in [-0.39, 0.29) is 10.8 Å². The molecule has 0 atom stereocenters. The Morgan fingerprint density at radius 3 is 2.21 bits per heavy atom. The molecule has 1 rings (SSSR count). The first kappa shape index (κ1) is 20.1. The first-order valence-corrected chi connectivity index (χ1v) is 9.45. The molecule has 0 aromatic heterocycles. The highest BCUT2D eigenvalue weighted by molar-refractivity contribution is 7.92. The monoisotopic (exact) mass is 355 g/mol. The summed E-state index contributed by atoms with van der Waals surface area (Å²) in [6, 6.07) is 5.59. The van der Waals surface area contributed by atoms with Crippen molar-refractivity contribution in [2.75, 3.05) is 39.5 Å². The molecule has 1 aromatic carbocycles. The molecule has 0 heterocycles. The molecule has 0 radical (unpaired) electrons. The molecular formula is C16H25N3O4S. The third-order valence-electron chi connectivity index (χ3n) is 3.30. The first-order valence-electron chi connectivity index (χ1n) is 7.80. The molecule has 0 saturated carbocycles. The number of nitrogens with one attached hydrogen (secondary N) is 2. The number of sulfone groups is 1. The smallest absolute Gasteiger partial charge is 0.251 e. The van der Waals surface area contributed by atoms with Crippen molar-refractivity contribution in [1.29, 1.82) is 0 Å². The molecule has 0 fully saturated rings. The summed E-state index contributed by atoms with van der Waals surface area (Å²) in [5.41, 5.74) is 0.378. The van der Waals surface area contributed by atoms with Gasteiger partial charge in [-0.05, 0) is 37.2 Å². The number of benzene rings is 1. The number of hydrogen-bond donors (Lipinski definition) is 2. The van der Waals surface area contributed by atoms with E-state index in [1.54, 1.807) is 0 Å². The van der Waals surface area contributed by atoms with Crippen molar-refractivity contribution in [3.63, 3.8) is 0 Å². The van der Waals surface area contributed by atoms with Gasteiger partial charge < -0.3 is 15.5 Å². The standard InChI is InChI=1S/C16H25N3O4S/c1-4-9-17-10-11-18-16(21)13-5-7-14(8-6-13)24(22,23)12-15(20)19(2)3/h5-8,17H,4,9-12H2,1-3H3,(H,18,21). The average Bonchev–Trinajstić information content (AvgIpc) is 2.54. The zero-order valence-electron chi connectivity index (χ0n) is 14.3. The Labute approximate surface area is 143 Å². The van der Waals surface area contributed by atoms with Gasteiger partial charge in [-0.3, -0.25) is 9.59 Å². The van der Waals surface area contributed by atoms with Gasteiger partial charge in [0.2, 0.25) is 5.91 Å². The molecule has 2 amide bonds. The SMILES string of the molecule is CCCNCCNC(=O)c1ccc(S(=O)(=O)CC(=O)N(C)C)cc1. The Hall–Kier alpha value is -1.93. The second-order valence-electron chi connectivity index (χ2n) is 5.58. The largest absolute Gasteiger partial charge is 0.351 e. The number of carbonyl (C=O) groups is 2. The van der Waals surface area contributed by atoms with Gasteiger partial charge in [-0.2, -0.15) is 0 Å². The van der Waals surface area contributed by atoms with E-state index in [0.717, 1.165) is 13.0 Å². The van der Waals surface area contributed by atoms with Crippen LogP contribution in [-0.2, 0) is 14.6 Å². The van der Waals surface area contributed by atoms with E-state index in [1.807, 2.05) is 0 Å². The van der Waals surface area contributed by atoms with Crippen LogP contribution in [-0.4, -0.2) is 64.6 Å². The van der Waals surface area contributed by atoms with Crippen LogP contribution >= 0.6 is 0 Å². The maximum absolute atomic E-state index is 12.1. The highest BCUT2D eigenvalue weighted by Gasteiger charge is 2.20. The van der Waals surface area contributed by atoms with Crippen LogP contribution in [0.4, 0.5) is 0 Å². The maximum Gasteiger partial charge on any atom is 0.251 e. The van der Waals surface area contributed by atoms with Crippen LogP contribution in [0.5, 0.6) is 0 Å². The molecule has 1 aromatic rings. The molecular weight excluding hydrogens is 330 g/mol. The molecule has 2 N–H and O–H groups in total. The minimum absolute atomic E-state index is 0.0267. The van der Waals surface area contributed by atoms with Crippen molar-refractivity contribution in [3.05, 3.63) is 29.8 Å². The van der Waals surface area contributed by atoms with Crippen molar-refractivity contribution >= 4 is 21.7 Å². The first-order chi connectivity index (χ1) is 11.3. The van der Waals surface area contributed by atoms with Crippen LogP contribution in [0.2, 0.25) is 0 Å². The number of amides is 2. The fourth-order valence-corrected chi connectivity index (χ4v) is 3.16. The van der Waals surface area contributed by atoms with E-state index < -0.39 is 21.5 Å². The Morgan fingerprint density at radius 1 is 1.04 bits per heavy atom. The molecule has 0 unspecified atom stereocenters. The third-order valence-corrected chi connectivity index (χ3v) is 4.92. The van der Waals surface area contributed by atoms with Gasteiger partial charge in [-0.1, -0.05) is 6.92 Å². The van der Waals surface area contributed by atoms with Gasteiger partial charge >= 0.3 is 0 Å². The summed E-state index contributed by atoms with van der Waals surface area (Å²) < 4.78 is 24.3. The van der Waals surface area contributed by atoms with Crippen LogP contribution in [0.1, 0.15) is 23.7 Å². The van der Waals surface area contributed by atoms with E-state index in [0.29, 0.717) is 18.7 Å². The molecule has 0 spiro atoms. The van der Waals surface area contributed by atoms with Gasteiger partial charge in [0, 0.05) is 32.7 Å². The van der Waals surface area contributed by atoms with E-state index in [9.17, 15) is 18.0 Å². The quantitative estimate of drug-likeness (QED) is 0.620. The van der Waals surface area contributed by atoms with Gasteiger partial charge in [0.05, 0.1) is 4.90 Å². The predicted octanol–water partition coefficient (Wildman–Crippen LogP) is 0.278. The summed E-state index contributed by atoms with van der Waals surface area (Å²) in [5.74, 6) is -1.34. The summed E-state index contributed by atoms with van der Waals surface area (Å²) in [4.78, 5) is 24.8. The zero-order valence-corrected chi connectivity index (χ0v) is 15.1. The van der Waals surface area contributed by atoms with Crippen molar-refractivity contribution < 1.29 is 18.0 Å². The van der Waals surface area contributed by atoms with Crippen molar-refractivity contribution in [1.82, 2.24) is 15.5 Å². The summed E-state index contributed by atoms with van der Waals surface area (Å²) in [6.45, 7) is 4.14. The molecule has 0 saturated heterocycles. The summed E-state index contributed by atoms with van der Waals surface area (Å²) >= 11 is 0. The number of nitrogens with zero attached hydrogens (tertiary/aromatic N) is 1. The fraction of sp³-hybridized carbons (Fsp3) is 0.500. The normalized spacial score (nSPS) is 11.1. The second kappa shape index (κ2) is 9.39. The Bertz CT molecular complexity index is 654. The summed E-state index contributed by atoms with van der Waals surface area (Å²) in [6.07, 6.45) is 1.03. The van der Waals surface area contributed by atoms with Crippen LogP contribution in [0.3, 0.4) is 0 Å². The molecule has 24 heavy (non-hydrogen) atoms. The van der Waals surface area contributed by atoms with Crippen molar-refractivity contribution in [2.24, 2.45) is 0 Å². The lowest BCUT2D eigenvalue weighted by Crippen LogP contribution is -2.32. The van der Waals surface area contributed by atoms with E-state index >= 15 is 0 Å². The predicted molar refractivity (Wildman–Crippen MR) is 92.7 cm³/mol. The average molecular weight is 355 g/mol. The fourth-order valence-electron chi connectivity index (χ4n) is 1.86. The number of hydrogen-bond acceptors (Lipinski definition) is 5. The second-order valence-corrected chi connectivity index (χ2v) is 7.57. The third kappa shape index (κ3) is 6.29. The van der Waals surface area contributed by atoms with Gasteiger partial charge in [-0.25, -0.2) is 8.42 Å². The van der Waals surface area contributed by atoms with Crippen molar-refractivity contribution in [2.45, 2.75) is 18.2 Å². The molecule has 0 aliphatic rings. The molecule has 7 nitrogen and oxygen atoms in total. The van der Waals surface area contributed by atoms with Gasteiger partial charge in [0.1, 0.15) is 5.75 Å². The topological polar surface area (TPSA) is 95.6 Å². The number of carbonyl (C=O) groups excluding carboxylic acids is 2. The molecule has 134 valence electrons. The van der Waals surface area contributed by atoms with Crippen LogP contribution in [0.25, 0.3) is 0 Å². The summed E-state index contributed by atoms with van der Waals surface area (Å²) in [7, 11) is -0.706. The minimum atomic E-state index is -3.71. The molecule has 0 aliphatic heterocycles. The Morgan fingerprint density at radius 2 is 1.67 bits per heavy atom.